The number of nitrogens with zero attached hydrogens (tertiary/aromatic N) is 2. The number of aliphatic carboxylic acids is 1. The zero-order chi connectivity index (χ0) is 13.9. The summed E-state index contributed by atoms with van der Waals surface area (Å²) in [7, 11) is 1.50. The third-order valence-corrected chi connectivity index (χ3v) is 2.42. The van der Waals surface area contributed by atoms with Crippen LogP contribution in [-0.4, -0.2) is 33.0 Å². The average molecular weight is 255 g/mol. The summed E-state index contributed by atoms with van der Waals surface area (Å²) in [5.41, 5.74) is -0.0757. The Morgan fingerprint density at radius 2 is 2.22 bits per heavy atom. The minimum absolute atomic E-state index is 0.0346. The molecule has 98 valence electrons. The van der Waals surface area contributed by atoms with E-state index < -0.39 is 22.7 Å². The summed E-state index contributed by atoms with van der Waals surface area (Å²) in [6.45, 7) is 1.42. The normalized spacial score (nSPS) is 11.9. The van der Waals surface area contributed by atoms with Crippen LogP contribution in [0.3, 0.4) is 0 Å². The molecule has 1 aromatic rings. The van der Waals surface area contributed by atoms with E-state index in [9.17, 15) is 19.7 Å². The van der Waals surface area contributed by atoms with Gasteiger partial charge in [0, 0.05) is 19.7 Å². The van der Waals surface area contributed by atoms with E-state index in [2.05, 4.69) is 5.32 Å². The molecule has 0 saturated carbocycles. The molecule has 0 fully saturated rings. The first-order chi connectivity index (χ1) is 8.32. The van der Waals surface area contributed by atoms with Crippen LogP contribution in [-0.2, 0) is 11.8 Å². The van der Waals surface area contributed by atoms with Crippen molar-refractivity contribution in [3.8, 4) is 0 Å². The number of amides is 1. The Labute approximate surface area is 102 Å². The summed E-state index contributed by atoms with van der Waals surface area (Å²) in [6.07, 6.45) is 1.22. The van der Waals surface area contributed by atoms with Gasteiger partial charge in [-0.25, -0.2) is 0 Å². The minimum Gasteiger partial charge on any atom is -0.481 e. The molecule has 1 unspecified atom stereocenters. The van der Waals surface area contributed by atoms with Gasteiger partial charge >= 0.3 is 5.97 Å². The molecular formula is C10H13N3O5. The van der Waals surface area contributed by atoms with Crippen molar-refractivity contribution in [2.45, 2.75) is 6.92 Å². The Kier molecular flexibility index (Phi) is 4.03. The number of hydrogen-bond acceptors (Lipinski definition) is 4. The molecule has 1 atom stereocenters. The van der Waals surface area contributed by atoms with Crippen LogP contribution in [0.1, 0.15) is 17.4 Å². The zero-order valence-electron chi connectivity index (χ0n) is 9.91. The number of aryl methyl sites for hydroxylation is 1. The number of nitro groups is 1. The van der Waals surface area contributed by atoms with Crippen LogP contribution >= 0.6 is 0 Å². The molecule has 0 radical (unpaired) electrons. The predicted octanol–water partition coefficient (Wildman–Crippen LogP) is 0.384. The molecular weight excluding hydrogens is 242 g/mol. The molecule has 0 aromatic carbocycles. The molecule has 1 heterocycles. The lowest BCUT2D eigenvalue weighted by atomic mass is 10.2. The smallest absolute Gasteiger partial charge is 0.308 e. The summed E-state index contributed by atoms with van der Waals surface area (Å²) in [4.78, 5) is 32.2. The van der Waals surface area contributed by atoms with Gasteiger partial charge in [-0.15, -0.1) is 0 Å². The number of carboxylic acids is 1. The second-order valence-corrected chi connectivity index (χ2v) is 3.90. The van der Waals surface area contributed by atoms with Crippen LogP contribution in [0.2, 0.25) is 0 Å². The van der Waals surface area contributed by atoms with Gasteiger partial charge in [-0.1, -0.05) is 6.92 Å². The Bertz CT molecular complexity index is 494. The fraction of sp³-hybridized carbons (Fsp3) is 0.400. The molecule has 0 aliphatic heterocycles. The third kappa shape index (κ3) is 3.06. The van der Waals surface area contributed by atoms with Crippen molar-refractivity contribution >= 4 is 17.6 Å². The van der Waals surface area contributed by atoms with Gasteiger partial charge in [-0.2, -0.15) is 0 Å². The summed E-state index contributed by atoms with van der Waals surface area (Å²) in [6, 6.07) is 1.14. The first-order valence-corrected chi connectivity index (χ1v) is 5.14. The number of hydrogen-bond donors (Lipinski definition) is 2. The Morgan fingerprint density at radius 1 is 1.61 bits per heavy atom. The predicted molar refractivity (Wildman–Crippen MR) is 61.2 cm³/mol. The van der Waals surface area contributed by atoms with Crippen molar-refractivity contribution in [1.29, 1.82) is 0 Å². The highest BCUT2D eigenvalue weighted by Gasteiger charge is 2.19. The van der Waals surface area contributed by atoms with Gasteiger partial charge in [0.15, 0.2) is 0 Å². The second kappa shape index (κ2) is 5.30. The first kappa shape index (κ1) is 13.7. The highest BCUT2D eigenvalue weighted by atomic mass is 16.6. The van der Waals surface area contributed by atoms with Gasteiger partial charge < -0.3 is 15.0 Å². The molecule has 0 spiro atoms. The molecule has 1 aromatic heterocycles. The van der Waals surface area contributed by atoms with Gasteiger partial charge in [0.1, 0.15) is 5.69 Å². The van der Waals surface area contributed by atoms with Crippen molar-refractivity contribution in [3.63, 3.8) is 0 Å². The van der Waals surface area contributed by atoms with Crippen LogP contribution < -0.4 is 5.32 Å². The third-order valence-electron chi connectivity index (χ3n) is 2.42. The molecule has 0 aliphatic rings. The number of rotatable bonds is 5. The highest BCUT2D eigenvalue weighted by molar-refractivity contribution is 5.93. The molecule has 18 heavy (non-hydrogen) atoms. The largest absolute Gasteiger partial charge is 0.481 e. The number of carboxylic acid groups (broad SMARTS) is 1. The van der Waals surface area contributed by atoms with Crippen molar-refractivity contribution in [2.75, 3.05) is 6.54 Å². The van der Waals surface area contributed by atoms with E-state index >= 15 is 0 Å². The van der Waals surface area contributed by atoms with E-state index in [0.29, 0.717) is 0 Å². The van der Waals surface area contributed by atoms with E-state index in [1.165, 1.54) is 24.7 Å². The molecule has 0 saturated heterocycles. The van der Waals surface area contributed by atoms with Gasteiger partial charge in [0.05, 0.1) is 17.0 Å². The number of carbonyl (C=O) groups excluding carboxylic acids is 1. The van der Waals surface area contributed by atoms with E-state index in [1.807, 2.05) is 0 Å². The van der Waals surface area contributed by atoms with E-state index in [0.717, 1.165) is 6.07 Å². The van der Waals surface area contributed by atoms with Crippen LogP contribution in [0, 0.1) is 16.0 Å². The lowest BCUT2D eigenvalue weighted by Gasteiger charge is -2.08. The fourth-order valence-corrected chi connectivity index (χ4v) is 1.30. The standard InChI is InChI=1S/C10H13N3O5/c1-6(10(15)16)4-11-9(14)8-3-7(13(17)18)5-12(8)2/h3,5-6H,4H2,1-2H3,(H,11,14)(H,15,16). The SMILES string of the molecule is CC(CNC(=O)c1cc([N+](=O)[O-])cn1C)C(=O)O. The van der Waals surface area contributed by atoms with Crippen LogP contribution in [0.15, 0.2) is 12.3 Å². The van der Waals surface area contributed by atoms with Crippen LogP contribution in [0.4, 0.5) is 5.69 Å². The quantitative estimate of drug-likeness (QED) is 0.583. The van der Waals surface area contributed by atoms with Gasteiger partial charge in [0.2, 0.25) is 0 Å². The zero-order valence-corrected chi connectivity index (χ0v) is 9.91. The topological polar surface area (TPSA) is 114 Å². The highest BCUT2D eigenvalue weighted by Crippen LogP contribution is 2.14. The first-order valence-electron chi connectivity index (χ1n) is 5.14. The molecule has 0 aliphatic carbocycles. The van der Waals surface area contributed by atoms with Gasteiger partial charge in [0.25, 0.3) is 11.6 Å². The van der Waals surface area contributed by atoms with Gasteiger partial charge in [-0.05, 0) is 0 Å². The lowest BCUT2D eigenvalue weighted by Crippen LogP contribution is -2.32. The molecule has 2 N–H and O–H groups in total. The lowest BCUT2D eigenvalue weighted by molar-refractivity contribution is -0.384. The van der Waals surface area contributed by atoms with Gasteiger partial charge in [-0.3, -0.25) is 19.7 Å². The molecule has 1 amide bonds. The Morgan fingerprint density at radius 3 is 2.67 bits per heavy atom. The van der Waals surface area contributed by atoms with Crippen LogP contribution in [0.25, 0.3) is 0 Å². The summed E-state index contributed by atoms with van der Waals surface area (Å²) in [5.74, 6) is -2.28. The van der Waals surface area contributed by atoms with Crippen molar-refractivity contribution in [1.82, 2.24) is 9.88 Å². The van der Waals surface area contributed by atoms with E-state index in [4.69, 9.17) is 5.11 Å². The average Bonchev–Trinajstić information content (AvgIpc) is 2.67. The number of aromatic nitrogens is 1. The number of carbonyl (C=O) groups is 2. The fourth-order valence-electron chi connectivity index (χ4n) is 1.30. The van der Waals surface area contributed by atoms with E-state index in [1.54, 1.807) is 0 Å². The molecule has 8 heteroatoms. The molecule has 0 bridgehead atoms. The summed E-state index contributed by atoms with van der Waals surface area (Å²) < 4.78 is 1.32. The van der Waals surface area contributed by atoms with Crippen molar-refractivity contribution in [2.24, 2.45) is 13.0 Å². The maximum Gasteiger partial charge on any atom is 0.308 e. The van der Waals surface area contributed by atoms with E-state index in [-0.39, 0.29) is 17.9 Å². The monoisotopic (exact) mass is 255 g/mol. The minimum atomic E-state index is -1.02. The molecule has 8 nitrogen and oxygen atoms in total. The van der Waals surface area contributed by atoms with Crippen LogP contribution in [0.5, 0.6) is 0 Å². The maximum atomic E-state index is 11.7. The van der Waals surface area contributed by atoms with Crippen molar-refractivity contribution in [3.05, 3.63) is 28.1 Å². The Hall–Kier alpha value is -2.38. The second-order valence-electron chi connectivity index (χ2n) is 3.90. The Balaban J connectivity index is 2.73. The van der Waals surface area contributed by atoms with Crippen molar-refractivity contribution < 1.29 is 19.6 Å². The number of nitrogens with one attached hydrogen (secondary N) is 1. The maximum absolute atomic E-state index is 11.7. The molecule has 1 rings (SSSR count). The summed E-state index contributed by atoms with van der Waals surface area (Å²) >= 11 is 0. The summed E-state index contributed by atoms with van der Waals surface area (Å²) in [5, 5.41) is 21.6.